The number of anilines is 2. The molecule has 1 unspecified atom stereocenters. The zero-order chi connectivity index (χ0) is 18.4. The highest BCUT2D eigenvalue weighted by molar-refractivity contribution is 7.93. The highest BCUT2D eigenvalue weighted by Crippen LogP contribution is 2.62. The molecule has 0 spiro atoms. The Kier molecular flexibility index (Phi) is 3.97. The van der Waals surface area contributed by atoms with Gasteiger partial charge >= 0.3 is 0 Å². The molecule has 1 heterocycles. The Balaban J connectivity index is 1.47. The first-order valence-electron chi connectivity index (χ1n) is 8.16. The van der Waals surface area contributed by atoms with Crippen molar-refractivity contribution in [2.24, 2.45) is 17.3 Å². The van der Waals surface area contributed by atoms with Crippen LogP contribution in [-0.2, 0) is 14.8 Å². The minimum atomic E-state index is -3.72. The zero-order valence-corrected chi connectivity index (χ0v) is 15.3. The molecule has 1 atom stereocenters. The molecule has 7 nitrogen and oxygen atoms in total. The first-order chi connectivity index (χ1) is 12.4. The molecule has 0 radical (unpaired) electrons. The number of nitriles is 1. The summed E-state index contributed by atoms with van der Waals surface area (Å²) in [6, 6.07) is 8.23. The molecule has 0 aliphatic heterocycles. The summed E-state index contributed by atoms with van der Waals surface area (Å²) in [6.07, 6.45) is 3.84. The monoisotopic (exact) mass is 388 g/mol. The molecule has 0 saturated heterocycles. The minimum absolute atomic E-state index is 0.0864. The van der Waals surface area contributed by atoms with Gasteiger partial charge < -0.3 is 5.32 Å². The predicted molar refractivity (Wildman–Crippen MR) is 96.9 cm³/mol. The topological polar surface area (TPSA) is 112 Å². The molecule has 26 heavy (non-hydrogen) atoms. The van der Waals surface area contributed by atoms with Crippen LogP contribution in [0.25, 0.3) is 0 Å². The number of rotatable bonds is 5. The molecule has 134 valence electrons. The molecule has 2 bridgehead atoms. The molecule has 3 saturated carbocycles. The third kappa shape index (κ3) is 2.75. The van der Waals surface area contributed by atoms with Gasteiger partial charge in [-0.25, -0.2) is 13.4 Å². The Hall–Kier alpha value is -2.44. The van der Waals surface area contributed by atoms with Crippen LogP contribution in [0, 0.1) is 28.6 Å². The van der Waals surface area contributed by atoms with Crippen molar-refractivity contribution in [3.05, 3.63) is 35.8 Å². The number of nitrogens with zero attached hydrogens (tertiary/aromatic N) is 2. The van der Waals surface area contributed by atoms with Gasteiger partial charge in [0.15, 0.2) is 5.13 Å². The third-order valence-corrected chi connectivity index (χ3v) is 7.40. The van der Waals surface area contributed by atoms with Crippen molar-refractivity contribution in [3.63, 3.8) is 0 Å². The van der Waals surface area contributed by atoms with Gasteiger partial charge in [0.05, 0.1) is 22.3 Å². The van der Waals surface area contributed by atoms with Gasteiger partial charge in [-0.3, -0.25) is 9.52 Å². The van der Waals surface area contributed by atoms with Gasteiger partial charge in [-0.05, 0) is 49.4 Å². The molecule has 1 amide bonds. The van der Waals surface area contributed by atoms with Gasteiger partial charge in [-0.15, -0.1) is 11.3 Å². The molecule has 3 fully saturated rings. The number of thiazole rings is 1. The first kappa shape index (κ1) is 17.0. The van der Waals surface area contributed by atoms with E-state index < -0.39 is 15.4 Å². The summed E-state index contributed by atoms with van der Waals surface area (Å²) in [4.78, 5) is 16.6. The van der Waals surface area contributed by atoms with E-state index in [-0.39, 0.29) is 16.7 Å². The summed E-state index contributed by atoms with van der Waals surface area (Å²) >= 11 is 1.19. The predicted octanol–water partition coefficient (Wildman–Crippen LogP) is 2.82. The number of nitrogens with one attached hydrogen (secondary N) is 2. The number of fused-ring (bicyclic) bond motifs is 1. The van der Waals surface area contributed by atoms with E-state index in [1.807, 2.05) is 0 Å². The summed E-state index contributed by atoms with van der Waals surface area (Å²) in [6.45, 7) is 0. The smallest absolute Gasteiger partial charge is 0.263 e. The lowest BCUT2D eigenvalue weighted by molar-refractivity contribution is -0.130. The van der Waals surface area contributed by atoms with Crippen LogP contribution in [0.4, 0.5) is 10.8 Å². The summed E-state index contributed by atoms with van der Waals surface area (Å²) in [5, 5.41) is 14.1. The van der Waals surface area contributed by atoms with E-state index in [1.165, 1.54) is 29.7 Å². The molecule has 5 rings (SSSR count). The minimum Gasteiger partial charge on any atom is -0.326 e. The average Bonchev–Trinajstić information content (AvgIpc) is 3.28. The van der Waals surface area contributed by atoms with Crippen molar-refractivity contribution < 1.29 is 13.2 Å². The molecule has 3 aliphatic rings. The van der Waals surface area contributed by atoms with Crippen LogP contribution in [-0.4, -0.2) is 19.3 Å². The highest BCUT2D eigenvalue weighted by atomic mass is 32.2. The highest BCUT2D eigenvalue weighted by Gasteiger charge is 2.62. The van der Waals surface area contributed by atoms with Crippen LogP contribution in [0.5, 0.6) is 0 Å². The largest absolute Gasteiger partial charge is 0.326 e. The average molecular weight is 388 g/mol. The molecular formula is C17H16N4O3S2. The first-order valence-corrected chi connectivity index (χ1v) is 10.5. The van der Waals surface area contributed by atoms with E-state index in [4.69, 9.17) is 0 Å². The number of aromatic nitrogens is 1. The van der Waals surface area contributed by atoms with Crippen molar-refractivity contribution in [1.82, 2.24) is 4.98 Å². The quantitative estimate of drug-likeness (QED) is 0.818. The van der Waals surface area contributed by atoms with Crippen LogP contribution in [0.3, 0.4) is 0 Å². The molecule has 2 aromatic rings. The Morgan fingerprint density at radius 3 is 2.65 bits per heavy atom. The van der Waals surface area contributed by atoms with Gasteiger partial charge in [-0.1, -0.05) is 0 Å². The van der Waals surface area contributed by atoms with Crippen LogP contribution in [0.1, 0.15) is 19.3 Å². The summed E-state index contributed by atoms with van der Waals surface area (Å²) in [5.41, 5.74) is -0.0547. The van der Waals surface area contributed by atoms with Crippen LogP contribution < -0.4 is 10.0 Å². The van der Waals surface area contributed by atoms with Crippen LogP contribution in [0.2, 0.25) is 0 Å². The Morgan fingerprint density at radius 2 is 2.04 bits per heavy atom. The second-order valence-electron chi connectivity index (χ2n) is 6.77. The van der Waals surface area contributed by atoms with E-state index in [2.05, 4.69) is 21.1 Å². The molecule has 1 aromatic heterocycles. The summed E-state index contributed by atoms with van der Waals surface area (Å²) in [7, 11) is -3.72. The number of amides is 1. The number of carbonyl (C=O) groups is 1. The van der Waals surface area contributed by atoms with Crippen molar-refractivity contribution >= 4 is 38.1 Å². The van der Waals surface area contributed by atoms with E-state index in [0.717, 1.165) is 19.3 Å². The van der Waals surface area contributed by atoms with Gasteiger partial charge in [0.2, 0.25) is 5.91 Å². The van der Waals surface area contributed by atoms with Gasteiger partial charge in [0, 0.05) is 17.3 Å². The van der Waals surface area contributed by atoms with Gasteiger partial charge in [-0.2, -0.15) is 5.26 Å². The maximum atomic E-state index is 12.6. The Bertz CT molecular complexity index is 972. The fourth-order valence-electron chi connectivity index (χ4n) is 3.92. The number of sulfonamides is 1. The normalized spacial score (nSPS) is 26.6. The second-order valence-corrected chi connectivity index (χ2v) is 9.35. The van der Waals surface area contributed by atoms with E-state index in [1.54, 1.807) is 17.5 Å². The van der Waals surface area contributed by atoms with E-state index >= 15 is 0 Å². The lowest BCUT2D eigenvalue weighted by Gasteiger charge is -2.37. The van der Waals surface area contributed by atoms with Crippen LogP contribution in [0.15, 0.2) is 40.7 Å². The number of hydrogen-bond donors (Lipinski definition) is 2. The molecule has 9 heteroatoms. The Morgan fingerprint density at radius 1 is 1.31 bits per heavy atom. The summed E-state index contributed by atoms with van der Waals surface area (Å²) < 4.78 is 27.0. The standard InChI is InChI=1S/C17H16N4O3S2/c18-10-12-7-11-8-17(12,9-11)15(22)20-13-1-3-14(4-2-13)26(23,24)21-16-19-5-6-25-16/h1-6,11-12H,7-9H2,(H,19,21)(H,20,22). The van der Waals surface area contributed by atoms with Gasteiger partial charge in [0.1, 0.15) is 0 Å². The molecule has 2 N–H and O–H groups in total. The second kappa shape index (κ2) is 6.07. The fourth-order valence-corrected chi connectivity index (χ4v) is 5.71. The van der Waals surface area contributed by atoms with Crippen molar-refractivity contribution in [2.45, 2.75) is 24.2 Å². The maximum Gasteiger partial charge on any atom is 0.263 e. The molecular weight excluding hydrogens is 372 g/mol. The van der Waals surface area contributed by atoms with Crippen LogP contribution >= 0.6 is 11.3 Å². The van der Waals surface area contributed by atoms with Gasteiger partial charge in [0.25, 0.3) is 10.0 Å². The lowest BCUT2D eigenvalue weighted by atomic mass is 9.66. The third-order valence-electron chi connectivity index (χ3n) is 5.23. The summed E-state index contributed by atoms with van der Waals surface area (Å²) in [5.74, 6) is 0.110. The molecule has 3 aliphatic carbocycles. The van der Waals surface area contributed by atoms with E-state index in [9.17, 15) is 18.5 Å². The number of benzene rings is 1. The van der Waals surface area contributed by atoms with Crippen molar-refractivity contribution in [2.75, 3.05) is 10.0 Å². The zero-order valence-electron chi connectivity index (χ0n) is 13.7. The van der Waals surface area contributed by atoms with Crippen molar-refractivity contribution in [3.8, 4) is 6.07 Å². The fraction of sp³-hybridized carbons (Fsp3) is 0.353. The molecule has 1 aromatic carbocycles. The maximum absolute atomic E-state index is 12.6. The SMILES string of the molecule is N#CC1CC2CC1(C(=O)Nc1ccc(S(=O)(=O)Nc3nccs3)cc1)C2. The van der Waals surface area contributed by atoms with E-state index in [0.29, 0.717) is 16.7 Å². The number of hydrogen-bond acceptors (Lipinski definition) is 6. The van der Waals surface area contributed by atoms with Crippen molar-refractivity contribution in [1.29, 1.82) is 5.26 Å². The lowest BCUT2D eigenvalue weighted by Crippen LogP contribution is -2.43. The number of carbonyl (C=O) groups excluding carboxylic acids is 1. The Labute approximate surface area is 155 Å².